The van der Waals surface area contributed by atoms with Gasteiger partial charge in [-0.1, -0.05) is 19.7 Å². The van der Waals surface area contributed by atoms with Gasteiger partial charge in [0.1, 0.15) is 26.4 Å². The van der Waals surface area contributed by atoms with Gasteiger partial charge in [-0.2, -0.15) is 0 Å². The van der Waals surface area contributed by atoms with Crippen LogP contribution in [0.4, 0.5) is 5.69 Å². The van der Waals surface area contributed by atoms with Crippen LogP contribution in [0.1, 0.15) is 31.1 Å². The van der Waals surface area contributed by atoms with Crippen LogP contribution < -0.4 is 4.72 Å². The Morgan fingerprint density at radius 2 is 0.958 bits per heavy atom. The number of carbonyl (C=O) groups excluding carboxylic acids is 4. The Morgan fingerprint density at radius 3 is 1.27 bits per heavy atom. The highest BCUT2D eigenvalue weighted by Crippen LogP contribution is 2.21. The van der Waals surface area contributed by atoms with Crippen LogP contribution in [0.15, 0.2) is 60.7 Å². The van der Waals surface area contributed by atoms with Crippen molar-refractivity contribution in [3.05, 3.63) is 66.3 Å². The molecular weight excluding hydrogens is 654 g/mol. The molecule has 1 unspecified atom stereocenters. The Kier molecular flexibility index (Phi) is 20.5. The molecule has 0 spiro atoms. The quantitative estimate of drug-likeness (QED) is 0.0487. The first-order valence-corrected chi connectivity index (χ1v) is 15.8. The fourth-order valence-corrected chi connectivity index (χ4v) is 3.73. The van der Waals surface area contributed by atoms with Crippen molar-refractivity contribution in [2.75, 3.05) is 84.0 Å². The van der Waals surface area contributed by atoms with Crippen molar-refractivity contribution in [3.8, 4) is 0 Å². The molecule has 1 aromatic rings. The molecule has 0 amide bonds. The molecule has 0 radical (unpaired) electrons. The van der Waals surface area contributed by atoms with Crippen molar-refractivity contribution in [3.63, 3.8) is 0 Å². The third-order valence-electron chi connectivity index (χ3n) is 5.84. The molecule has 1 rings (SSSR count). The van der Waals surface area contributed by atoms with Crippen molar-refractivity contribution in [2.24, 2.45) is 5.41 Å². The molecule has 0 saturated heterocycles. The molecular formula is C32H44NO14S-. The predicted molar refractivity (Wildman–Crippen MR) is 172 cm³/mol. The molecule has 1 N–H and O–H groups in total. The lowest BCUT2D eigenvalue weighted by Crippen LogP contribution is -2.43. The number of hydrogen-bond acceptors (Lipinski definition) is 14. The van der Waals surface area contributed by atoms with Crippen LogP contribution >= 0.6 is 0 Å². The number of rotatable bonds is 26. The molecule has 1 atom stereocenters. The molecule has 48 heavy (non-hydrogen) atoms. The zero-order valence-corrected chi connectivity index (χ0v) is 28.4. The lowest BCUT2D eigenvalue weighted by molar-refractivity contribution is -0.146. The molecule has 0 aliphatic rings. The van der Waals surface area contributed by atoms with E-state index < -0.39 is 40.6 Å². The van der Waals surface area contributed by atoms with E-state index in [0.29, 0.717) is 0 Å². The first kappa shape index (κ1) is 42.1. The van der Waals surface area contributed by atoms with E-state index in [1.807, 2.05) is 0 Å². The largest absolute Gasteiger partial charge is 0.755 e. The molecule has 1 aromatic carbocycles. The fraction of sp³-hybridized carbons (Fsp3) is 0.500. The van der Waals surface area contributed by atoms with E-state index in [1.165, 1.54) is 45.0 Å². The first-order chi connectivity index (χ1) is 22.8. The van der Waals surface area contributed by atoms with Gasteiger partial charge in [-0.3, -0.25) is 4.21 Å². The van der Waals surface area contributed by atoms with Crippen LogP contribution in [0.2, 0.25) is 0 Å². The molecule has 16 heteroatoms. The van der Waals surface area contributed by atoms with E-state index >= 15 is 0 Å². The topological polar surface area (TPSA) is 194 Å². The lowest BCUT2D eigenvalue weighted by Gasteiger charge is -2.33. The van der Waals surface area contributed by atoms with Crippen LogP contribution in [0, 0.1) is 5.41 Å². The van der Waals surface area contributed by atoms with Gasteiger partial charge in [0.25, 0.3) is 0 Å². The second kappa shape index (κ2) is 23.4. The van der Waals surface area contributed by atoms with Gasteiger partial charge in [0, 0.05) is 33.7 Å². The highest BCUT2D eigenvalue weighted by Gasteiger charge is 2.33. The van der Waals surface area contributed by atoms with Crippen molar-refractivity contribution >= 4 is 40.8 Å². The number of anilines is 1. The summed E-state index contributed by atoms with van der Waals surface area (Å²) in [5.74, 6) is -2.33. The highest BCUT2D eigenvalue weighted by atomic mass is 32.2. The van der Waals surface area contributed by atoms with Gasteiger partial charge >= 0.3 is 23.9 Å². The Hall–Kier alpha value is -3.93. The smallest absolute Gasteiger partial charge is 0.338 e. The molecule has 268 valence electrons. The summed E-state index contributed by atoms with van der Waals surface area (Å²) < 4.78 is 67.4. The Bertz CT molecular complexity index is 1180. The second-order valence-corrected chi connectivity index (χ2v) is 11.2. The third kappa shape index (κ3) is 18.4. The van der Waals surface area contributed by atoms with Gasteiger partial charge in [-0.05, 0) is 45.0 Å². The molecule has 0 aliphatic carbocycles. The van der Waals surface area contributed by atoms with E-state index in [1.54, 1.807) is 0 Å². The number of nitrogens with one attached hydrogen (secondary N) is 1. The minimum atomic E-state index is -2.50. The third-order valence-corrected chi connectivity index (χ3v) is 6.25. The van der Waals surface area contributed by atoms with Crippen LogP contribution in [-0.2, 0) is 63.5 Å². The average molecular weight is 699 g/mol. The van der Waals surface area contributed by atoms with Crippen LogP contribution in [0.5, 0.6) is 0 Å². The van der Waals surface area contributed by atoms with Crippen molar-refractivity contribution in [1.29, 1.82) is 0 Å². The van der Waals surface area contributed by atoms with Gasteiger partial charge in [-0.25, -0.2) is 19.2 Å². The minimum Gasteiger partial charge on any atom is -0.755 e. The van der Waals surface area contributed by atoms with E-state index in [2.05, 4.69) is 24.5 Å². The van der Waals surface area contributed by atoms with Gasteiger partial charge in [0.2, 0.25) is 0 Å². The van der Waals surface area contributed by atoms with Gasteiger partial charge in [0.05, 0.1) is 63.8 Å². The van der Waals surface area contributed by atoms with E-state index in [-0.39, 0.29) is 107 Å². The molecule has 15 nitrogen and oxygen atoms in total. The summed E-state index contributed by atoms with van der Waals surface area (Å²) in [6, 6.07) is 5.64. The summed E-state index contributed by atoms with van der Waals surface area (Å²) in [6.45, 7) is 15.0. The summed E-state index contributed by atoms with van der Waals surface area (Å²) in [5.41, 5.74) is 0.239. The van der Waals surface area contributed by atoms with E-state index in [9.17, 15) is 27.9 Å². The van der Waals surface area contributed by atoms with Crippen LogP contribution in [0.3, 0.4) is 0 Å². The van der Waals surface area contributed by atoms with E-state index in [0.717, 1.165) is 0 Å². The SMILES string of the molecule is C=C(C)C(=O)OCCOCC(COCCOC(=O)C(=C)C)(COCCOC(=O)C(=C)C)COCCOC(=O)c1ccc(NS(=O)[O-])cc1. The normalized spacial score (nSPS) is 11.6. The van der Waals surface area contributed by atoms with Crippen LogP contribution in [-0.4, -0.2) is 112 Å². The first-order valence-electron chi connectivity index (χ1n) is 14.7. The minimum absolute atomic E-state index is 0.00303. The lowest BCUT2D eigenvalue weighted by atomic mass is 9.92. The molecule has 0 heterocycles. The average Bonchev–Trinajstić information content (AvgIpc) is 3.03. The molecule has 0 aromatic heterocycles. The monoisotopic (exact) mass is 698 g/mol. The van der Waals surface area contributed by atoms with Crippen molar-refractivity contribution in [1.82, 2.24) is 0 Å². The van der Waals surface area contributed by atoms with Crippen molar-refractivity contribution in [2.45, 2.75) is 20.8 Å². The number of hydrogen-bond donors (Lipinski definition) is 1. The molecule has 0 bridgehead atoms. The van der Waals surface area contributed by atoms with Gasteiger partial charge in [-0.15, -0.1) is 0 Å². The zero-order chi connectivity index (χ0) is 36.0. The maximum absolute atomic E-state index is 12.4. The molecule has 0 saturated carbocycles. The number of esters is 4. The number of benzene rings is 1. The summed E-state index contributed by atoms with van der Waals surface area (Å²) >= 11 is -2.50. The number of carbonyl (C=O) groups is 4. The van der Waals surface area contributed by atoms with Gasteiger partial charge < -0.3 is 47.2 Å². The summed E-state index contributed by atoms with van der Waals surface area (Å²) in [5, 5.41) is 0. The fourth-order valence-electron chi connectivity index (χ4n) is 3.40. The summed E-state index contributed by atoms with van der Waals surface area (Å²) in [4.78, 5) is 47.5. The highest BCUT2D eigenvalue weighted by molar-refractivity contribution is 7.80. The summed E-state index contributed by atoms with van der Waals surface area (Å²) in [6.07, 6.45) is 0. The Morgan fingerprint density at radius 1 is 0.625 bits per heavy atom. The van der Waals surface area contributed by atoms with Crippen molar-refractivity contribution < 1.29 is 65.8 Å². The molecule has 0 aliphatic heterocycles. The molecule has 0 fully saturated rings. The Labute approximate surface area is 282 Å². The summed E-state index contributed by atoms with van der Waals surface area (Å²) in [7, 11) is 0. The predicted octanol–water partition coefficient (Wildman–Crippen LogP) is 2.46. The van der Waals surface area contributed by atoms with Gasteiger partial charge in [0.15, 0.2) is 0 Å². The zero-order valence-electron chi connectivity index (χ0n) is 27.5. The Balaban J connectivity index is 2.86. The van der Waals surface area contributed by atoms with Crippen LogP contribution in [0.25, 0.3) is 0 Å². The standard InChI is InChI=1S/C32H45NO14S/c1-23(2)28(34)44-15-11-40-19-32(20-41-12-16-45-29(35)24(3)4,21-42-13-17-46-30(36)25(5)6)22-43-14-18-47-31(37)26-7-9-27(10-8-26)33-48(38)39/h7-10,33H,1,3,5,11-22H2,2,4,6H3,(H,38,39)/p-1. The maximum atomic E-state index is 12.4. The number of ether oxygens (including phenoxy) is 8. The van der Waals surface area contributed by atoms with E-state index in [4.69, 9.17) is 37.9 Å². The maximum Gasteiger partial charge on any atom is 0.338 e. The second-order valence-electron chi connectivity index (χ2n) is 10.5.